The molecule has 194 valence electrons. The minimum Gasteiger partial charge on any atom is -0.497 e. The van der Waals surface area contributed by atoms with E-state index < -0.39 is 0 Å². The van der Waals surface area contributed by atoms with E-state index in [0.29, 0.717) is 40.2 Å². The van der Waals surface area contributed by atoms with Crippen molar-refractivity contribution in [2.24, 2.45) is 0 Å². The van der Waals surface area contributed by atoms with E-state index in [4.69, 9.17) is 34.0 Å². The second-order valence-corrected chi connectivity index (χ2v) is 9.56. The number of benzene rings is 2. The van der Waals surface area contributed by atoms with Gasteiger partial charge >= 0.3 is 0 Å². The fraction of sp³-hybridized carbons (Fsp3) is 0.321. The molecule has 0 unspecified atom stereocenters. The molecule has 0 fully saturated rings. The van der Waals surface area contributed by atoms with Crippen molar-refractivity contribution >= 4 is 23.7 Å². The molecule has 2 aromatic carbocycles. The summed E-state index contributed by atoms with van der Waals surface area (Å²) in [5, 5.41) is 8.38. The average Bonchev–Trinajstić information content (AvgIpc) is 3.21. The Balaban J connectivity index is 1.84. The van der Waals surface area contributed by atoms with Crippen LogP contribution in [0.1, 0.15) is 37.7 Å². The van der Waals surface area contributed by atoms with Gasteiger partial charge in [0.25, 0.3) is 5.78 Å². The molecule has 37 heavy (non-hydrogen) atoms. The van der Waals surface area contributed by atoms with Crippen LogP contribution in [0.5, 0.6) is 23.0 Å². The summed E-state index contributed by atoms with van der Waals surface area (Å²) in [6.07, 6.45) is 3.86. The maximum absolute atomic E-state index is 5.49. The Morgan fingerprint density at radius 2 is 1.30 bits per heavy atom. The molecule has 0 spiro atoms. The molecule has 9 heteroatoms. The number of anilines is 1. The van der Waals surface area contributed by atoms with Gasteiger partial charge in [0.1, 0.15) is 28.7 Å². The summed E-state index contributed by atoms with van der Waals surface area (Å²) < 4.78 is 23.5. The van der Waals surface area contributed by atoms with E-state index in [-0.39, 0.29) is 5.54 Å². The van der Waals surface area contributed by atoms with Crippen LogP contribution >= 0.6 is 0 Å². The van der Waals surface area contributed by atoms with Crippen LogP contribution in [0, 0.1) is 6.92 Å². The van der Waals surface area contributed by atoms with Crippen molar-refractivity contribution in [1.29, 1.82) is 0 Å². The quantitative estimate of drug-likeness (QED) is 0.336. The van der Waals surface area contributed by atoms with Crippen LogP contribution in [-0.2, 0) is 0 Å². The highest BCUT2D eigenvalue weighted by atomic mass is 16.5. The molecule has 0 atom stereocenters. The second kappa shape index (κ2) is 10.4. The van der Waals surface area contributed by atoms with Crippen LogP contribution < -0.4 is 24.3 Å². The third-order valence-corrected chi connectivity index (χ3v) is 5.60. The van der Waals surface area contributed by atoms with Gasteiger partial charge in [0.15, 0.2) is 5.82 Å². The number of ether oxygens (including phenoxy) is 4. The van der Waals surface area contributed by atoms with Crippen molar-refractivity contribution in [1.82, 2.24) is 19.6 Å². The number of aromatic nitrogens is 4. The lowest BCUT2D eigenvalue weighted by atomic mass is 10.1. The van der Waals surface area contributed by atoms with E-state index >= 15 is 0 Å². The van der Waals surface area contributed by atoms with Gasteiger partial charge < -0.3 is 24.3 Å². The summed E-state index contributed by atoms with van der Waals surface area (Å²) in [7, 11) is 6.50. The van der Waals surface area contributed by atoms with Crippen LogP contribution in [0.2, 0.25) is 0 Å². The molecule has 2 aromatic heterocycles. The molecule has 0 aliphatic heterocycles. The molecule has 0 saturated carbocycles. The first-order valence-electron chi connectivity index (χ1n) is 11.8. The molecule has 0 amide bonds. The summed E-state index contributed by atoms with van der Waals surface area (Å²) in [6.45, 7) is 8.18. The standard InChI is InChI=1S/C28H33N5O4/c1-17-24(10-9-18-11-20(34-5)15-21(12-18)35-6)29-27-30-25(26(33(27)32-17)31-28(2,3)4)19-13-22(36-7)16-23(14-19)37-8/h9-16,31H,1-8H3. The fourth-order valence-electron chi connectivity index (χ4n) is 3.83. The van der Waals surface area contributed by atoms with E-state index in [1.165, 1.54) is 0 Å². The highest BCUT2D eigenvalue weighted by Crippen LogP contribution is 2.35. The number of nitrogens with one attached hydrogen (secondary N) is 1. The molecule has 0 saturated heterocycles. The summed E-state index contributed by atoms with van der Waals surface area (Å²) >= 11 is 0. The number of aryl methyl sites for hydroxylation is 1. The Morgan fingerprint density at radius 3 is 1.81 bits per heavy atom. The van der Waals surface area contributed by atoms with Crippen molar-refractivity contribution in [3.63, 3.8) is 0 Å². The van der Waals surface area contributed by atoms with Gasteiger partial charge in [-0.2, -0.15) is 9.61 Å². The lowest BCUT2D eigenvalue weighted by molar-refractivity contribution is 0.394. The third kappa shape index (κ3) is 5.77. The largest absolute Gasteiger partial charge is 0.497 e. The first-order chi connectivity index (χ1) is 17.6. The number of hydrogen-bond acceptors (Lipinski definition) is 8. The van der Waals surface area contributed by atoms with Gasteiger partial charge in [-0.1, -0.05) is 6.08 Å². The topological polar surface area (TPSA) is 92.0 Å². The van der Waals surface area contributed by atoms with Crippen molar-refractivity contribution in [3.05, 3.63) is 53.3 Å². The smallest absolute Gasteiger partial charge is 0.253 e. The number of methoxy groups -OCH3 is 4. The lowest BCUT2D eigenvalue weighted by Crippen LogP contribution is -2.27. The van der Waals surface area contributed by atoms with Crippen molar-refractivity contribution in [2.75, 3.05) is 33.8 Å². The number of imidazole rings is 1. The molecule has 0 aliphatic carbocycles. The van der Waals surface area contributed by atoms with Gasteiger partial charge in [0.2, 0.25) is 0 Å². The summed E-state index contributed by atoms with van der Waals surface area (Å²) in [4.78, 5) is 9.71. The molecule has 0 bridgehead atoms. The van der Waals surface area contributed by atoms with Crippen LogP contribution in [-0.4, -0.2) is 53.6 Å². The molecular weight excluding hydrogens is 470 g/mol. The van der Waals surface area contributed by atoms with Gasteiger partial charge in [0, 0.05) is 23.2 Å². The van der Waals surface area contributed by atoms with Crippen molar-refractivity contribution < 1.29 is 18.9 Å². The molecule has 0 radical (unpaired) electrons. The van der Waals surface area contributed by atoms with Crippen LogP contribution in [0.15, 0.2) is 36.4 Å². The Labute approximate surface area is 217 Å². The fourth-order valence-corrected chi connectivity index (χ4v) is 3.83. The summed E-state index contributed by atoms with van der Waals surface area (Å²) in [5.74, 6) is 3.96. The van der Waals surface area contributed by atoms with Crippen molar-refractivity contribution in [2.45, 2.75) is 33.2 Å². The molecule has 9 nitrogen and oxygen atoms in total. The third-order valence-electron chi connectivity index (χ3n) is 5.60. The zero-order valence-corrected chi connectivity index (χ0v) is 22.5. The predicted octanol–water partition coefficient (Wildman–Crippen LogP) is 5.51. The zero-order valence-electron chi connectivity index (χ0n) is 22.5. The van der Waals surface area contributed by atoms with Gasteiger partial charge in [0.05, 0.1) is 39.8 Å². The Morgan fingerprint density at radius 1 is 0.757 bits per heavy atom. The van der Waals surface area contributed by atoms with E-state index in [0.717, 1.165) is 22.6 Å². The second-order valence-electron chi connectivity index (χ2n) is 9.56. The molecule has 1 N–H and O–H groups in total. The number of hydrogen-bond donors (Lipinski definition) is 1. The van der Waals surface area contributed by atoms with Crippen LogP contribution in [0.4, 0.5) is 5.82 Å². The molecule has 2 heterocycles. The number of rotatable bonds is 8. The minimum absolute atomic E-state index is 0.243. The molecule has 0 aliphatic rings. The van der Waals surface area contributed by atoms with Gasteiger partial charge in [-0.25, -0.2) is 9.97 Å². The summed E-state index contributed by atoms with van der Waals surface area (Å²) in [5.41, 5.74) is 3.66. The molecular formula is C28H33N5O4. The van der Waals surface area contributed by atoms with Gasteiger partial charge in [-0.05, 0) is 63.6 Å². The summed E-state index contributed by atoms with van der Waals surface area (Å²) in [6, 6.07) is 11.3. The van der Waals surface area contributed by atoms with E-state index in [2.05, 4.69) is 26.1 Å². The highest BCUT2D eigenvalue weighted by molar-refractivity contribution is 5.78. The molecule has 4 aromatic rings. The first-order valence-corrected chi connectivity index (χ1v) is 11.8. The first kappa shape index (κ1) is 25.8. The van der Waals surface area contributed by atoms with Gasteiger partial charge in [-0.3, -0.25) is 0 Å². The normalized spacial score (nSPS) is 11.7. The van der Waals surface area contributed by atoms with Gasteiger partial charge in [-0.15, -0.1) is 0 Å². The number of nitrogens with zero attached hydrogens (tertiary/aromatic N) is 4. The van der Waals surface area contributed by atoms with Crippen molar-refractivity contribution in [3.8, 4) is 34.3 Å². The SMILES string of the molecule is COc1cc(C=Cc2nc3nc(-c4cc(OC)cc(OC)c4)c(NC(C)(C)C)n3nc2C)cc(OC)c1. The van der Waals surface area contributed by atoms with E-state index in [1.54, 1.807) is 33.0 Å². The van der Waals surface area contributed by atoms with E-state index in [9.17, 15) is 0 Å². The monoisotopic (exact) mass is 503 g/mol. The van der Waals surface area contributed by atoms with E-state index in [1.807, 2.05) is 55.5 Å². The lowest BCUT2D eigenvalue weighted by Gasteiger charge is -2.22. The maximum atomic E-state index is 5.49. The Hall–Kier alpha value is -4.27. The van der Waals surface area contributed by atoms with Crippen LogP contribution in [0.3, 0.4) is 0 Å². The average molecular weight is 504 g/mol. The zero-order chi connectivity index (χ0) is 26.7. The molecule has 4 rings (SSSR count). The predicted molar refractivity (Wildman–Crippen MR) is 146 cm³/mol. The number of fused-ring (bicyclic) bond motifs is 1. The Bertz CT molecular complexity index is 1410. The highest BCUT2D eigenvalue weighted by Gasteiger charge is 2.22. The Kier molecular flexibility index (Phi) is 7.24. The maximum Gasteiger partial charge on any atom is 0.253 e. The van der Waals surface area contributed by atoms with Crippen LogP contribution in [0.25, 0.3) is 29.2 Å². The minimum atomic E-state index is -0.243.